The minimum absolute atomic E-state index is 0.0184. The Labute approximate surface area is 159 Å². The first-order chi connectivity index (χ1) is 12.6. The maximum atomic E-state index is 12.8. The predicted octanol–water partition coefficient (Wildman–Crippen LogP) is 3.13. The molecule has 0 spiro atoms. The van der Waals surface area contributed by atoms with Crippen LogP contribution in [-0.2, 0) is 9.59 Å². The molecule has 0 aliphatic carbocycles. The molecule has 5 nitrogen and oxygen atoms in total. The highest BCUT2D eigenvalue weighted by Crippen LogP contribution is 2.28. The molecule has 1 aromatic rings. The molecule has 3 rings (SSSR count). The summed E-state index contributed by atoms with van der Waals surface area (Å²) in [6.07, 6.45) is 4.51. The number of carbonyl (C=O) groups is 2. The van der Waals surface area contributed by atoms with Crippen molar-refractivity contribution in [3.05, 3.63) is 41.9 Å². The lowest BCUT2D eigenvalue weighted by Gasteiger charge is -2.37. The van der Waals surface area contributed by atoms with Gasteiger partial charge in [-0.25, -0.2) is 0 Å². The Morgan fingerprint density at radius 3 is 2.27 bits per heavy atom. The molecule has 0 bridgehead atoms. The van der Waals surface area contributed by atoms with Gasteiger partial charge in [-0.2, -0.15) is 0 Å². The van der Waals surface area contributed by atoms with Crippen molar-refractivity contribution >= 4 is 23.4 Å². The van der Waals surface area contributed by atoms with Gasteiger partial charge >= 0.3 is 0 Å². The van der Waals surface area contributed by atoms with Gasteiger partial charge in [0.1, 0.15) is 11.9 Å². The molecule has 0 N–H and O–H groups in total. The number of hydrogen-bond donors (Lipinski definition) is 0. The monoisotopic (exact) mass is 376 g/mol. The molecular formula is C20H25ClN2O3. The lowest BCUT2D eigenvalue weighted by Crippen LogP contribution is -2.47. The van der Waals surface area contributed by atoms with E-state index in [-0.39, 0.29) is 23.8 Å². The third kappa shape index (κ3) is 4.39. The van der Waals surface area contributed by atoms with E-state index in [1.807, 2.05) is 29.2 Å². The van der Waals surface area contributed by atoms with Gasteiger partial charge in [0.2, 0.25) is 11.8 Å². The van der Waals surface area contributed by atoms with Crippen LogP contribution in [0.3, 0.4) is 0 Å². The summed E-state index contributed by atoms with van der Waals surface area (Å²) in [7, 11) is 0. The minimum Gasteiger partial charge on any atom is -0.489 e. The minimum atomic E-state index is -0.0477. The van der Waals surface area contributed by atoms with Crippen molar-refractivity contribution in [1.82, 2.24) is 9.80 Å². The first-order valence-corrected chi connectivity index (χ1v) is 9.57. The Morgan fingerprint density at radius 2 is 1.65 bits per heavy atom. The molecule has 2 amide bonds. The highest BCUT2D eigenvalue weighted by molar-refractivity contribution is 6.32. The molecule has 0 unspecified atom stereocenters. The topological polar surface area (TPSA) is 49.9 Å². The highest BCUT2D eigenvalue weighted by Gasteiger charge is 2.32. The lowest BCUT2D eigenvalue weighted by atomic mass is 9.94. The molecule has 2 saturated heterocycles. The van der Waals surface area contributed by atoms with Gasteiger partial charge in [-0.15, -0.1) is 0 Å². The average molecular weight is 377 g/mol. The van der Waals surface area contributed by atoms with Crippen molar-refractivity contribution in [2.75, 3.05) is 26.2 Å². The summed E-state index contributed by atoms with van der Waals surface area (Å²) in [4.78, 5) is 28.1. The third-order valence-electron chi connectivity index (χ3n) is 5.21. The summed E-state index contributed by atoms with van der Waals surface area (Å²) in [6.45, 7) is 6.20. The average Bonchev–Trinajstić information content (AvgIpc) is 2.69. The summed E-state index contributed by atoms with van der Waals surface area (Å²) < 4.78 is 5.99. The van der Waals surface area contributed by atoms with Gasteiger partial charge in [0.05, 0.1) is 5.02 Å². The van der Waals surface area contributed by atoms with E-state index >= 15 is 0 Å². The number of amides is 2. The number of halogens is 1. The van der Waals surface area contributed by atoms with E-state index in [2.05, 4.69) is 6.58 Å². The van der Waals surface area contributed by atoms with Gasteiger partial charge in [0.25, 0.3) is 0 Å². The molecule has 0 radical (unpaired) electrons. The second-order valence-corrected chi connectivity index (χ2v) is 7.28. The largest absolute Gasteiger partial charge is 0.489 e. The number of hydrogen-bond acceptors (Lipinski definition) is 3. The lowest BCUT2D eigenvalue weighted by molar-refractivity contribution is -0.140. The first kappa shape index (κ1) is 18.8. The Kier molecular flexibility index (Phi) is 6.20. The van der Waals surface area contributed by atoms with Crippen molar-refractivity contribution in [1.29, 1.82) is 0 Å². The Hall–Kier alpha value is -2.01. The summed E-state index contributed by atoms with van der Waals surface area (Å²) in [6, 6.07) is 7.48. The predicted molar refractivity (Wildman–Crippen MR) is 101 cm³/mol. The molecule has 2 fully saturated rings. The van der Waals surface area contributed by atoms with Crippen molar-refractivity contribution < 1.29 is 14.3 Å². The molecule has 2 aliphatic heterocycles. The van der Waals surface area contributed by atoms with Crippen molar-refractivity contribution in [3.63, 3.8) is 0 Å². The van der Waals surface area contributed by atoms with Gasteiger partial charge in [0, 0.05) is 44.9 Å². The van der Waals surface area contributed by atoms with Crippen LogP contribution in [0.5, 0.6) is 5.75 Å². The van der Waals surface area contributed by atoms with E-state index in [0.717, 1.165) is 25.7 Å². The number of nitrogens with zero attached hydrogens (tertiary/aromatic N) is 2. The molecule has 2 aliphatic rings. The number of piperidine rings is 2. The molecule has 140 valence electrons. The zero-order valence-electron chi connectivity index (χ0n) is 14.9. The molecule has 2 heterocycles. The molecule has 6 heteroatoms. The fraction of sp³-hybridized carbons (Fsp3) is 0.500. The number of rotatable bonds is 4. The Bertz CT molecular complexity index is 663. The van der Waals surface area contributed by atoms with Crippen LogP contribution in [0.4, 0.5) is 0 Å². The van der Waals surface area contributed by atoms with Crippen LogP contribution >= 0.6 is 11.6 Å². The van der Waals surface area contributed by atoms with E-state index in [9.17, 15) is 9.59 Å². The van der Waals surface area contributed by atoms with Crippen LogP contribution in [0.15, 0.2) is 36.9 Å². The van der Waals surface area contributed by atoms with Crippen LogP contribution in [-0.4, -0.2) is 53.9 Å². The van der Waals surface area contributed by atoms with Gasteiger partial charge in [0.15, 0.2) is 0 Å². The molecule has 0 saturated carbocycles. The molecular weight excluding hydrogens is 352 g/mol. The Balaban J connectivity index is 1.46. The van der Waals surface area contributed by atoms with Gasteiger partial charge in [-0.3, -0.25) is 9.59 Å². The van der Waals surface area contributed by atoms with E-state index in [0.29, 0.717) is 37.0 Å². The van der Waals surface area contributed by atoms with E-state index < -0.39 is 0 Å². The van der Waals surface area contributed by atoms with Gasteiger partial charge in [-0.05, 0) is 31.1 Å². The van der Waals surface area contributed by atoms with Gasteiger partial charge < -0.3 is 14.5 Å². The molecule has 26 heavy (non-hydrogen) atoms. The second kappa shape index (κ2) is 8.58. The number of para-hydroxylation sites is 1. The molecule has 0 atom stereocenters. The Morgan fingerprint density at radius 1 is 1.04 bits per heavy atom. The van der Waals surface area contributed by atoms with Gasteiger partial charge in [-0.1, -0.05) is 30.3 Å². The second-order valence-electron chi connectivity index (χ2n) is 6.88. The van der Waals surface area contributed by atoms with Crippen molar-refractivity contribution in [3.8, 4) is 5.75 Å². The molecule has 0 aromatic heterocycles. The highest BCUT2D eigenvalue weighted by atomic mass is 35.5. The normalized spacial score (nSPS) is 19.3. The van der Waals surface area contributed by atoms with Crippen LogP contribution in [0.25, 0.3) is 0 Å². The van der Waals surface area contributed by atoms with Crippen LogP contribution < -0.4 is 4.74 Å². The quantitative estimate of drug-likeness (QED) is 0.758. The fourth-order valence-electron chi connectivity index (χ4n) is 3.65. The van der Waals surface area contributed by atoms with Crippen LogP contribution in [0.2, 0.25) is 5.02 Å². The van der Waals surface area contributed by atoms with E-state index in [1.165, 1.54) is 6.08 Å². The zero-order valence-corrected chi connectivity index (χ0v) is 15.7. The summed E-state index contributed by atoms with van der Waals surface area (Å²) in [5.41, 5.74) is 0. The fourth-order valence-corrected chi connectivity index (χ4v) is 3.83. The first-order valence-electron chi connectivity index (χ1n) is 9.20. The van der Waals surface area contributed by atoms with Crippen molar-refractivity contribution in [2.45, 2.75) is 31.8 Å². The maximum absolute atomic E-state index is 12.8. The summed E-state index contributed by atoms with van der Waals surface area (Å²) in [5, 5.41) is 0.617. The SMILES string of the molecule is C=CC(=O)N1CCC(C(=O)N2CCC(Oc3ccccc3Cl)CC2)CC1. The smallest absolute Gasteiger partial charge is 0.245 e. The number of ether oxygens (including phenoxy) is 1. The summed E-state index contributed by atoms with van der Waals surface area (Å²) in [5.74, 6) is 0.892. The third-order valence-corrected chi connectivity index (χ3v) is 5.53. The number of benzene rings is 1. The standard InChI is InChI=1S/C20H25ClN2O3/c1-2-19(24)22-11-7-15(8-12-22)20(25)23-13-9-16(10-14-23)26-18-6-4-3-5-17(18)21/h2-6,15-16H,1,7-14H2. The van der Waals surface area contributed by atoms with Crippen LogP contribution in [0, 0.1) is 5.92 Å². The maximum Gasteiger partial charge on any atom is 0.245 e. The number of carbonyl (C=O) groups excluding carboxylic acids is 2. The number of likely N-dealkylation sites (tertiary alicyclic amines) is 2. The molecule has 1 aromatic carbocycles. The van der Waals surface area contributed by atoms with Crippen molar-refractivity contribution in [2.24, 2.45) is 5.92 Å². The summed E-state index contributed by atoms with van der Waals surface area (Å²) >= 11 is 6.14. The van der Waals surface area contributed by atoms with E-state index in [1.54, 1.807) is 4.90 Å². The zero-order chi connectivity index (χ0) is 18.5. The van der Waals surface area contributed by atoms with Crippen LogP contribution in [0.1, 0.15) is 25.7 Å². The van der Waals surface area contributed by atoms with E-state index in [4.69, 9.17) is 16.3 Å².